The van der Waals surface area contributed by atoms with E-state index in [1.54, 1.807) is 31.5 Å². The molecule has 4 rings (SSSR count). The van der Waals surface area contributed by atoms with Crippen molar-refractivity contribution in [2.45, 2.75) is 19.5 Å². The van der Waals surface area contributed by atoms with Gasteiger partial charge in [-0.3, -0.25) is 9.78 Å². The Morgan fingerprint density at radius 2 is 1.75 bits per heavy atom. The predicted octanol–water partition coefficient (Wildman–Crippen LogP) is 4.63. The second-order valence-corrected chi connectivity index (χ2v) is 9.55. The van der Waals surface area contributed by atoms with Gasteiger partial charge in [0.15, 0.2) is 0 Å². The Balaban J connectivity index is 1.40. The SMILES string of the molecule is C[C@H](NC(=O)c1cc(C#N)cnc1NCc1ccc(-c2cnc(NCCN(C)C)cn2)cc1)c1ccc(F)cc1. The van der Waals surface area contributed by atoms with Crippen LogP contribution in [-0.4, -0.2) is 52.9 Å². The normalized spacial score (nSPS) is 11.5. The van der Waals surface area contributed by atoms with E-state index in [0.717, 1.165) is 41.3 Å². The number of anilines is 2. The number of hydrogen-bond acceptors (Lipinski definition) is 8. The molecule has 0 unspecified atom stereocenters. The molecule has 0 aliphatic heterocycles. The largest absolute Gasteiger partial charge is 0.368 e. The van der Waals surface area contributed by atoms with Crippen LogP contribution in [0.25, 0.3) is 11.3 Å². The van der Waals surface area contributed by atoms with E-state index in [1.807, 2.05) is 44.4 Å². The smallest absolute Gasteiger partial charge is 0.255 e. The van der Waals surface area contributed by atoms with Gasteiger partial charge in [0, 0.05) is 31.4 Å². The number of carbonyl (C=O) groups is 1. The molecule has 2 aromatic heterocycles. The van der Waals surface area contributed by atoms with Crippen molar-refractivity contribution in [3.63, 3.8) is 0 Å². The first-order valence-corrected chi connectivity index (χ1v) is 12.8. The lowest BCUT2D eigenvalue weighted by atomic mass is 10.1. The fourth-order valence-electron chi connectivity index (χ4n) is 3.90. The van der Waals surface area contributed by atoms with E-state index in [0.29, 0.717) is 12.4 Å². The Labute approximate surface area is 233 Å². The van der Waals surface area contributed by atoms with Crippen LogP contribution in [0, 0.1) is 17.1 Å². The molecule has 0 radical (unpaired) electrons. The van der Waals surface area contributed by atoms with Gasteiger partial charge in [-0.2, -0.15) is 5.26 Å². The highest BCUT2D eigenvalue weighted by Gasteiger charge is 2.17. The third-order valence-corrected chi connectivity index (χ3v) is 6.21. The monoisotopic (exact) mass is 538 g/mol. The molecule has 0 saturated carbocycles. The van der Waals surface area contributed by atoms with Crippen LogP contribution in [0.3, 0.4) is 0 Å². The van der Waals surface area contributed by atoms with Gasteiger partial charge in [-0.25, -0.2) is 14.4 Å². The molecule has 0 aliphatic carbocycles. The van der Waals surface area contributed by atoms with E-state index in [-0.39, 0.29) is 23.0 Å². The number of nitriles is 1. The summed E-state index contributed by atoms with van der Waals surface area (Å²) in [7, 11) is 4.04. The van der Waals surface area contributed by atoms with Crippen LogP contribution in [0.2, 0.25) is 0 Å². The molecule has 40 heavy (non-hydrogen) atoms. The molecule has 0 saturated heterocycles. The van der Waals surface area contributed by atoms with E-state index in [1.165, 1.54) is 24.4 Å². The van der Waals surface area contributed by atoms with Crippen molar-refractivity contribution < 1.29 is 9.18 Å². The van der Waals surface area contributed by atoms with Gasteiger partial charge in [0.2, 0.25) is 0 Å². The number of aromatic nitrogens is 3. The molecule has 3 N–H and O–H groups in total. The number of hydrogen-bond donors (Lipinski definition) is 3. The molecule has 0 fully saturated rings. The minimum atomic E-state index is -0.391. The fraction of sp³-hybridized carbons (Fsp3) is 0.233. The number of nitrogens with zero attached hydrogens (tertiary/aromatic N) is 5. The Hall–Kier alpha value is -4.88. The average molecular weight is 539 g/mol. The van der Waals surface area contributed by atoms with Gasteiger partial charge < -0.3 is 20.9 Å². The number of amides is 1. The Bertz CT molecular complexity index is 1470. The number of likely N-dealkylation sites (N-methyl/N-ethyl adjacent to an activating group) is 1. The summed E-state index contributed by atoms with van der Waals surface area (Å²) in [5, 5.41) is 18.7. The molecule has 4 aromatic rings. The minimum Gasteiger partial charge on any atom is -0.368 e. The zero-order valence-corrected chi connectivity index (χ0v) is 22.6. The quantitative estimate of drug-likeness (QED) is 0.253. The first-order valence-electron chi connectivity index (χ1n) is 12.8. The molecule has 9 nitrogen and oxygen atoms in total. The summed E-state index contributed by atoms with van der Waals surface area (Å²) in [6, 6.07) is 17.0. The molecular weight excluding hydrogens is 507 g/mol. The van der Waals surface area contributed by atoms with Crippen molar-refractivity contribution in [2.24, 2.45) is 0 Å². The lowest BCUT2D eigenvalue weighted by molar-refractivity contribution is 0.0940. The summed E-state index contributed by atoms with van der Waals surface area (Å²) in [6.07, 6.45) is 4.88. The van der Waals surface area contributed by atoms with E-state index in [9.17, 15) is 14.4 Å². The molecule has 10 heteroatoms. The molecule has 2 heterocycles. The number of carbonyl (C=O) groups excluding carboxylic acids is 1. The molecule has 1 amide bonds. The van der Waals surface area contributed by atoms with Crippen LogP contribution >= 0.6 is 0 Å². The van der Waals surface area contributed by atoms with Crippen LogP contribution in [0.4, 0.5) is 16.0 Å². The Morgan fingerprint density at radius 3 is 2.40 bits per heavy atom. The predicted molar refractivity (Wildman–Crippen MR) is 153 cm³/mol. The van der Waals surface area contributed by atoms with E-state index in [4.69, 9.17) is 0 Å². The van der Waals surface area contributed by atoms with E-state index < -0.39 is 5.91 Å². The molecule has 2 aromatic carbocycles. The molecule has 1 atom stereocenters. The van der Waals surface area contributed by atoms with E-state index in [2.05, 4.69) is 35.8 Å². The lowest BCUT2D eigenvalue weighted by Crippen LogP contribution is -2.28. The minimum absolute atomic E-state index is 0.249. The molecule has 0 aliphatic rings. The third kappa shape index (κ3) is 7.58. The van der Waals surface area contributed by atoms with Crippen LogP contribution < -0.4 is 16.0 Å². The van der Waals surface area contributed by atoms with Crippen molar-refractivity contribution >= 4 is 17.5 Å². The van der Waals surface area contributed by atoms with Gasteiger partial charge in [-0.15, -0.1) is 0 Å². The number of halogens is 1. The number of benzene rings is 2. The number of nitrogens with one attached hydrogen (secondary N) is 3. The summed E-state index contributed by atoms with van der Waals surface area (Å²) >= 11 is 0. The van der Waals surface area contributed by atoms with Crippen molar-refractivity contribution in [2.75, 3.05) is 37.8 Å². The highest BCUT2D eigenvalue weighted by atomic mass is 19.1. The van der Waals surface area contributed by atoms with Crippen LogP contribution in [0.15, 0.2) is 73.2 Å². The number of rotatable bonds is 11. The Kier molecular flexibility index (Phi) is 9.33. The second-order valence-electron chi connectivity index (χ2n) is 9.55. The van der Waals surface area contributed by atoms with Gasteiger partial charge in [0.1, 0.15) is 23.5 Å². The van der Waals surface area contributed by atoms with Gasteiger partial charge in [-0.1, -0.05) is 36.4 Å². The van der Waals surface area contributed by atoms with E-state index >= 15 is 0 Å². The summed E-state index contributed by atoms with van der Waals surface area (Å²) in [5.74, 6) is 0.350. The van der Waals surface area contributed by atoms with Crippen molar-refractivity contribution in [1.82, 2.24) is 25.2 Å². The molecule has 0 bridgehead atoms. The summed E-state index contributed by atoms with van der Waals surface area (Å²) < 4.78 is 13.3. The highest BCUT2D eigenvalue weighted by Crippen LogP contribution is 2.21. The molecule has 204 valence electrons. The summed E-state index contributed by atoms with van der Waals surface area (Å²) in [4.78, 5) is 28.5. The average Bonchev–Trinajstić information content (AvgIpc) is 2.96. The van der Waals surface area contributed by atoms with Crippen LogP contribution in [0.1, 0.15) is 40.0 Å². The highest BCUT2D eigenvalue weighted by molar-refractivity contribution is 5.99. The summed E-state index contributed by atoms with van der Waals surface area (Å²) in [6.45, 7) is 3.90. The van der Waals surface area contributed by atoms with Crippen molar-refractivity contribution in [3.05, 3.63) is 101 Å². The van der Waals surface area contributed by atoms with Crippen molar-refractivity contribution in [3.8, 4) is 17.3 Å². The third-order valence-electron chi connectivity index (χ3n) is 6.21. The maximum absolute atomic E-state index is 13.3. The maximum Gasteiger partial charge on any atom is 0.255 e. The first kappa shape index (κ1) is 28.1. The maximum atomic E-state index is 13.3. The van der Waals surface area contributed by atoms with Crippen LogP contribution in [-0.2, 0) is 6.54 Å². The summed E-state index contributed by atoms with van der Waals surface area (Å²) in [5.41, 5.74) is 3.95. The fourth-order valence-corrected chi connectivity index (χ4v) is 3.90. The second kappa shape index (κ2) is 13.3. The van der Waals surface area contributed by atoms with Gasteiger partial charge in [-0.05, 0) is 50.3 Å². The van der Waals surface area contributed by atoms with Gasteiger partial charge >= 0.3 is 0 Å². The van der Waals surface area contributed by atoms with Crippen molar-refractivity contribution in [1.29, 1.82) is 5.26 Å². The van der Waals surface area contributed by atoms with Gasteiger partial charge in [0.05, 0.1) is 35.3 Å². The topological polar surface area (TPSA) is 119 Å². The molecular formula is C30H31FN8O. The first-order chi connectivity index (χ1) is 19.3. The van der Waals surface area contributed by atoms with Crippen LogP contribution in [0.5, 0.6) is 0 Å². The standard InChI is InChI=1S/C30H31FN8O/c1-20(23-8-10-25(31)11-9-23)38-30(40)26-14-22(15-32)17-37-29(26)36-16-21-4-6-24(7-5-21)27-18-35-28(19-34-27)33-12-13-39(2)3/h4-11,14,17-20H,12-13,16H2,1-3H3,(H,33,35)(H,36,37)(H,38,40)/t20-/m0/s1. The zero-order chi connectivity index (χ0) is 28.5. The zero-order valence-electron chi connectivity index (χ0n) is 22.6. The lowest BCUT2D eigenvalue weighted by Gasteiger charge is -2.16. The Morgan fingerprint density at radius 1 is 1.00 bits per heavy atom. The number of pyridine rings is 1. The van der Waals surface area contributed by atoms with Gasteiger partial charge in [0.25, 0.3) is 5.91 Å². The molecule has 0 spiro atoms.